The van der Waals surface area contributed by atoms with Gasteiger partial charge in [-0.2, -0.15) is 0 Å². The van der Waals surface area contributed by atoms with Crippen molar-refractivity contribution >= 4 is 37.8 Å². The van der Waals surface area contributed by atoms with E-state index in [1.165, 1.54) is 6.08 Å². The minimum Gasteiger partial charge on any atom is -0.506 e. The Labute approximate surface area is 115 Å². The lowest BCUT2D eigenvalue weighted by atomic mass is 10.1. The van der Waals surface area contributed by atoms with E-state index >= 15 is 0 Å². The van der Waals surface area contributed by atoms with Crippen LogP contribution in [0.3, 0.4) is 0 Å². The minimum atomic E-state index is -1.07. The second-order valence-electron chi connectivity index (χ2n) is 3.32. The zero-order valence-electron chi connectivity index (χ0n) is 8.60. The van der Waals surface area contributed by atoms with E-state index in [0.29, 0.717) is 14.5 Å². The number of carbonyl (C=O) groups is 1. The molecule has 17 heavy (non-hydrogen) atoms. The summed E-state index contributed by atoms with van der Waals surface area (Å²) >= 11 is 6.40. The molecule has 1 rings (SSSR count). The largest absolute Gasteiger partial charge is 0.506 e. The monoisotopic (exact) mass is 364 g/mol. The smallest absolute Gasteiger partial charge is 0.327 e. The summed E-state index contributed by atoms with van der Waals surface area (Å²) in [4.78, 5) is 10.3. The van der Waals surface area contributed by atoms with Gasteiger partial charge in [-0.15, -0.1) is 0 Å². The van der Waals surface area contributed by atoms with E-state index in [9.17, 15) is 15.0 Å². The molecule has 0 aromatic heterocycles. The average Bonchev–Trinajstić information content (AvgIpc) is 2.22. The summed E-state index contributed by atoms with van der Waals surface area (Å²) in [5.41, 5.74) is 0.335. The fourth-order valence-corrected chi connectivity index (χ4v) is 2.52. The van der Waals surface area contributed by atoms with Gasteiger partial charge in [0.05, 0.1) is 10.6 Å². The molecule has 0 fully saturated rings. The van der Waals surface area contributed by atoms with Crippen LogP contribution in [0.5, 0.6) is 5.75 Å². The number of halogens is 2. The topological polar surface area (TPSA) is 77.8 Å². The van der Waals surface area contributed by atoms with Crippen molar-refractivity contribution < 1.29 is 20.1 Å². The van der Waals surface area contributed by atoms with Gasteiger partial charge in [-0.25, -0.2) is 4.79 Å². The van der Waals surface area contributed by atoms with Crippen molar-refractivity contribution in [1.29, 1.82) is 0 Å². The van der Waals surface area contributed by atoms with Crippen LogP contribution in [0.2, 0.25) is 0 Å². The molecule has 4 nitrogen and oxygen atoms in total. The molecule has 0 saturated carbocycles. The highest BCUT2D eigenvalue weighted by atomic mass is 79.9. The van der Waals surface area contributed by atoms with Gasteiger partial charge in [0.15, 0.2) is 0 Å². The second-order valence-corrected chi connectivity index (χ2v) is 5.09. The zero-order chi connectivity index (χ0) is 13.0. The third-order valence-electron chi connectivity index (χ3n) is 2.04. The highest BCUT2D eigenvalue weighted by Gasteiger charge is 2.14. The summed E-state index contributed by atoms with van der Waals surface area (Å²) in [6, 6.07) is 3.23. The molecule has 3 N–H and O–H groups in total. The van der Waals surface area contributed by atoms with Crippen molar-refractivity contribution in [3.63, 3.8) is 0 Å². The van der Waals surface area contributed by atoms with Gasteiger partial charge in [-0.05, 0) is 34.5 Å². The van der Waals surface area contributed by atoms with Crippen molar-refractivity contribution in [1.82, 2.24) is 0 Å². The first-order valence-corrected chi connectivity index (χ1v) is 6.26. The Morgan fingerprint density at radius 2 is 2.06 bits per heavy atom. The molecular weight excluding hydrogens is 356 g/mol. The maximum atomic E-state index is 10.3. The van der Waals surface area contributed by atoms with E-state index in [2.05, 4.69) is 31.9 Å². The summed E-state index contributed by atoms with van der Waals surface area (Å²) in [6.45, 7) is 0. The Hall–Kier alpha value is -0.850. The predicted octanol–water partition coefficient (Wildman–Crippen LogP) is 2.98. The summed E-state index contributed by atoms with van der Waals surface area (Å²) in [7, 11) is 0. The van der Waals surface area contributed by atoms with Gasteiger partial charge in [0.1, 0.15) is 5.75 Å². The van der Waals surface area contributed by atoms with Crippen molar-refractivity contribution in [3.8, 4) is 5.75 Å². The lowest BCUT2D eigenvalue weighted by Gasteiger charge is -2.12. The van der Waals surface area contributed by atoms with E-state index in [-0.39, 0.29) is 12.2 Å². The molecule has 0 aliphatic carbocycles. The average molecular weight is 366 g/mol. The number of carboxylic acids is 1. The van der Waals surface area contributed by atoms with Gasteiger partial charge < -0.3 is 15.3 Å². The van der Waals surface area contributed by atoms with Crippen LogP contribution in [0.15, 0.2) is 33.2 Å². The number of hydrogen-bond donors (Lipinski definition) is 3. The third-order valence-corrected chi connectivity index (χ3v) is 3.10. The quantitative estimate of drug-likeness (QED) is 0.717. The third kappa shape index (κ3) is 4.14. The van der Waals surface area contributed by atoms with Gasteiger partial charge in [0.2, 0.25) is 0 Å². The maximum Gasteiger partial charge on any atom is 0.327 e. The van der Waals surface area contributed by atoms with Crippen molar-refractivity contribution in [2.24, 2.45) is 0 Å². The Kier molecular flexibility index (Phi) is 5.17. The number of hydrogen-bond acceptors (Lipinski definition) is 3. The molecule has 0 aliphatic heterocycles. The fraction of sp³-hybridized carbons (Fsp3) is 0.182. The molecule has 0 aliphatic rings. The molecule has 92 valence electrons. The summed E-state index contributed by atoms with van der Waals surface area (Å²) < 4.78 is 1.17. The molecule has 0 radical (unpaired) electrons. The lowest BCUT2D eigenvalue weighted by molar-refractivity contribution is -0.131. The van der Waals surface area contributed by atoms with Gasteiger partial charge in [0.25, 0.3) is 0 Å². The molecule has 0 unspecified atom stereocenters. The molecule has 0 saturated heterocycles. The number of carboxylic acid groups (broad SMARTS) is 1. The van der Waals surface area contributed by atoms with E-state index in [1.54, 1.807) is 12.1 Å². The SMILES string of the molecule is O=C(O)/C=C/C[C@H](O)c1cc(Br)cc(Br)c1O. The van der Waals surface area contributed by atoms with Crippen LogP contribution in [0, 0.1) is 0 Å². The summed E-state index contributed by atoms with van der Waals surface area (Å²) in [6.07, 6.45) is 1.44. The van der Waals surface area contributed by atoms with Gasteiger partial charge >= 0.3 is 5.97 Å². The number of aliphatic carboxylic acids is 1. The first kappa shape index (κ1) is 14.2. The van der Waals surface area contributed by atoms with Crippen molar-refractivity contribution in [2.45, 2.75) is 12.5 Å². The second kappa shape index (κ2) is 6.18. The lowest BCUT2D eigenvalue weighted by Crippen LogP contribution is -1.97. The van der Waals surface area contributed by atoms with Crippen LogP contribution in [-0.4, -0.2) is 21.3 Å². The molecular formula is C11H10Br2O4. The van der Waals surface area contributed by atoms with Crippen molar-refractivity contribution in [3.05, 3.63) is 38.8 Å². The van der Waals surface area contributed by atoms with E-state index in [4.69, 9.17) is 5.11 Å². The number of rotatable bonds is 4. The van der Waals surface area contributed by atoms with Crippen LogP contribution in [0.4, 0.5) is 0 Å². The normalized spacial score (nSPS) is 12.9. The molecule has 6 heteroatoms. The summed E-state index contributed by atoms with van der Waals surface area (Å²) in [5.74, 6) is -1.12. The first-order chi connectivity index (χ1) is 7.91. The maximum absolute atomic E-state index is 10.3. The zero-order valence-corrected chi connectivity index (χ0v) is 11.8. The number of aromatic hydroxyl groups is 1. The predicted molar refractivity (Wildman–Crippen MR) is 69.9 cm³/mol. The first-order valence-electron chi connectivity index (χ1n) is 4.67. The molecule has 0 heterocycles. The number of phenols is 1. The Morgan fingerprint density at radius 3 is 2.65 bits per heavy atom. The van der Waals surface area contributed by atoms with Gasteiger partial charge in [-0.3, -0.25) is 0 Å². The van der Waals surface area contributed by atoms with E-state index in [0.717, 1.165) is 6.08 Å². The van der Waals surface area contributed by atoms with Crippen LogP contribution in [0.1, 0.15) is 18.1 Å². The standard InChI is InChI=1S/C11H10Br2O4/c12-6-4-7(11(17)8(13)5-6)9(14)2-1-3-10(15)16/h1,3-5,9,14,17H,2H2,(H,15,16)/b3-1+/t9-/m0/s1. The molecule has 1 aromatic rings. The molecule has 1 aromatic carbocycles. The number of aliphatic hydroxyl groups excluding tert-OH is 1. The van der Waals surface area contributed by atoms with Crippen molar-refractivity contribution in [2.75, 3.05) is 0 Å². The van der Waals surface area contributed by atoms with Crippen LogP contribution >= 0.6 is 31.9 Å². The highest BCUT2D eigenvalue weighted by Crippen LogP contribution is 2.36. The van der Waals surface area contributed by atoms with Crippen LogP contribution in [0.25, 0.3) is 0 Å². The Bertz CT molecular complexity index is 457. The molecule has 0 bridgehead atoms. The Morgan fingerprint density at radius 1 is 1.41 bits per heavy atom. The molecule has 0 amide bonds. The fourth-order valence-electron chi connectivity index (χ4n) is 1.26. The Balaban J connectivity index is 2.88. The molecule has 0 spiro atoms. The number of aliphatic hydroxyl groups is 1. The van der Waals surface area contributed by atoms with E-state index in [1.807, 2.05) is 0 Å². The summed E-state index contributed by atoms with van der Waals surface area (Å²) in [5, 5.41) is 28.0. The van der Waals surface area contributed by atoms with E-state index < -0.39 is 12.1 Å². The number of phenolic OH excluding ortho intramolecular Hbond substituents is 1. The minimum absolute atomic E-state index is 0.0515. The number of benzene rings is 1. The molecule has 1 atom stereocenters. The van der Waals surface area contributed by atoms with Crippen LogP contribution in [-0.2, 0) is 4.79 Å². The van der Waals surface area contributed by atoms with Gasteiger partial charge in [0, 0.05) is 16.1 Å². The van der Waals surface area contributed by atoms with Crippen LogP contribution < -0.4 is 0 Å². The van der Waals surface area contributed by atoms with Gasteiger partial charge in [-0.1, -0.05) is 22.0 Å². The highest BCUT2D eigenvalue weighted by molar-refractivity contribution is 9.11.